The molecule has 5 rings (SSSR count). The fraction of sp³-hybridized carbons (Fsp3) is 0.321. The van der Waals surface area contributed by atoms with Crippen LogP contribution in [0.5, 0.6) is 5.75 Å². The number of piperazine rings is 1. The SMILES string of the molecule is CN(C)CCOc1cc(C(=O)N2CCN(C)CC2)ccc1Nc1cncc(-c2cc3cc(F)ccc3[nH]2)n1. The predicted octanol–water partition coefficient (Wildman–Crippen LogP) is 3.84. The number of hydrogen-bond donors (Lipinski definition) is 2. The summed E-state index contributed by atoms with van der Waals surface area (Å²) in [5.74, 6) is 0.795. The van der Waals surface area contributed by atoms with Crippen molar-refractivity contribution in [2.24, 2.45) is 0 Å². The lowest BCUT2D eigenvalue weighted by atomic mass is 10.1. The highest BCUT2D eigenvalue weighted by molar-refractivity contribution is 5.95. The monoisotopic (exact) mass is 517 g/mol. The van der Waals surface area contributed by atoms with Gasteiger partial charge in [0.15, 0.2) is 0 Å². The second kappa shape index (κ2) is 11.2. The zero-order valence-corrected chi connectivity index (χ0v) is 21.9. The standard InChI is InChI=1S/C28H32FN7O2/c1-34(2)12-13-38-26-16-19(28(37)36-10-8-35(3)9-11-36)4-6-23(26)32-27-18-30-17-25(33-27)24-15-20-14-21(29)5-7-22(20)31-24/h4-7,14-18,31H,8-13H2,1-3H3,(H,32,33). The van der Waals surface area contributed by atoms with Crippen LogP contribution in [0.15, 0.2) is 54.9 Å². The lowest BCUT2D eigenvalue weighted by Crippen LogP contribution is -2.47. The highest BCUT2D eigenvalue weighted by Crippen LogP contribution is 2.30. The summed E-state index contributed by atoms with van der Waals surface area (Å²) in [5, 5.41) is 4.06. The molecule has 9 nitrogen and oxygen atoms in total. The van der Waals surface area contributed by atoms with Crippen molar-refractivity contribution in [1.82, 2.24) is 29.7 Å². The molecule has 2 N–H and O–H groups in total. The van der Waals surface area contributed by atoms with Gasteiger partial charge < -0.3 is 29.7 Å². The Hall–Kier alpha value is -4.02. The smallest absolute Gasteiger partial charge is 0.254 e. The van der Waals surface area contributed by atoms with Gasteiger partial charge in [0.05, 0.1) is 23.8 Å². The molecule has 1 aliphatic rings. The number of carbonyl (C=O) groups is 1. The summed E-state index contributed by atoms with van der Waals surface area (Å²) in [7, 11) is 6.03. The van der Waals surface area contributed by atoms with E-state index < -0.39 is 0 Å². The molecule has 1 fully saturated rings. The summed E-state index contributed by atoms with van der Waals surface area (Å²) >= 11 is 0. The van der Waals surface area contributed by atoms with Gasteiger partial charge >= 0.3 is 0 Å². The highest BCUT2D eigenvalue weighted by atomic mass is 19.1. The van der Waals surface area contributed by atoms with E-state index in [0.29, 0.717) is 48.2 Å². The molecule has 0 radical (unpaired) electrons. The first-order chi connectivity index (χ1) is 18.4. The summed E-state index contributed by atoms with van der Waals surface area (Å²) in [4.78, 5) is 31.6. The van der Waals surface area contributed by atoms with E-state index in [9.17, 15) is 9.18 Å². The van der Waals surface area contributed by atoms with Crippen LogP contribution >= 0.6 is 0 Å². The number of benzene rings is 2. The van der Waals surface area contributed by atoms with Gasteiger partial charge in [-0.15, -0.1) is 0 Å². The summed E-state index contributed by atoms with van der Waals surface area (Å²) in [6.07, 6.45) is 3.28. The highest BCUT2D eigenvalue weighted by Gasteiger charge is 2.21. The first-order valence-corrected chi connectivity index (χ1v) is 12.6. The Morgan fingerprint density at radius 2 is 1.92 bits per heavy atom. The lowest BCUT2D eigenvalue weighted by Gasteiger charge is -2.32. The fourth-order valence-corrected chi connectivity index (χ4v) is 4.34. The molecular formula is C28H32FN7O2. The zero-order chi connectivity index (χ0) is 26.6. The van der Waals surface area contributed by atoms with Gasteiger partial charge in [0, 0.05) is 49.2 Å². The van der Waals surface area contributed by atoms with Crippen LogP contribution < -0.4 is 10.1 Å². The second-order valence-corrected chi connectivity index (χ2v) is 9.79. The number of amides is 1. The van der Waals surface area contributed by atoms with Crippen LogP contribution in [0.25, 0.3) is 22.3 Å². The first-order valence-electron chi connectivity index (χ1n) is 12.6. The minimum absolute atomic E-state index is 0.000790. The van der Waals surface area contributed by atoms with E-state index in [-0.39, 0.29) is 11.7 Å². The van der Waals surface area contributed by atoms with E-state index in [2.05, 4.69) is 27.2 Å². The van der Waals surface area contributed by atoms with Crippen LogP contribution in [-0.2, 0) is 0 Å². The van der Waals surface area contributed by atoms with Crippen LogP contribution in [0.2, 0.25) is 0 Å². The van der Waals surface area contributed by atoms with Gasteiger partial charge in [-0.1, -0.05) is 0 Å². The van der Waals surface area contributed by atoms with Gasteiger partial charge in [0.25, 0.3) is 5.91 Å². The number of rotatable bonds is 8. The van der Waals surface area contributed by atoms with Crippen molar-refractivity contribution >= 4 is 28.3 Å². The first kappa shape index (κ1) is 25.6. The predicted molar refractivity (Wildman–Crippen MR) is 146 cm³/mol. The Labute approximate surface area is 221 Å². The van der Waals surface area contributed by atoms with Gasteiger partial charge in [-0.2, -0.15) is 0 Å². The number of halogens is 1. The molecule has 0 bridgehead atoms. The topological polar surface area (TPSA) is 89.6 Å². The maximum atomic E-state index is 13.6. The Morgan fingerprint density at radius 1 is 1.11 bits per heavy atom. The number of likely N-dealkylation sites (N-methyl/N-ethyl adjacent to an activating group) is 2. The number of carbonyl (C=O) groups excluding carboxylic acids is 1. The third-order valence-corrected chi connectivity index (χ3v) is 6.57. The largest absolute Gasteiger partial charge is 0.490 e. The number of aromatic amines is 1. The maximum absolute atomic E-state index is 13.6. The molecule has 2 aromatic heterocycles. The van der Waals surface area contributed by atoms with Crippen molar-refractivity contribution in [3.63, 3.8) is 0 Å². The van der Waals surface area contributed by atoms with Crippen molar-refractivity contribution in [3.05, 3.63) is 66.2 Å². The number of nitrogens with one attached hydrogen (secondary N) is 2. The molecule has 1 amide bonds. The number of fused-ring (bicyclic) bond motifs is 1. The molecule has 2 aromatic carbocycles. The van der Waals surface area contributed by atoms with Crippen LogP contribution in [0.4, 0.5) is 15.9 Å². The van der Waals surface area contributed by atoms with Gasteiger partial charge in [0.2, 0.25) is 0 Å². The van der Waals surface area contributed by atoms with E-state index in [0.717, 1.165) is 36.2 Å². The number of hydrogen-bond acceptors (Lipinski definition) is 7. The average molecular weight is 518 g/mol. The molecule has 198 valence electrons. The quantitative estimate of drug-likeness (QED) is 0.367. The molecule has 38 heavy (non-hydrogen) atoms. The summed E-state index contributed by atoms with van der Waals surface area (Å²) in [6, 6.07) is 11.9. The third-order valence-electron chi connectivity index (χ3n) is 6.57. The molecule has 3 heterocycles. The van der Waals surface area contributed by atoms with Gasteiger partial charge in [0.1, 0.15) is 29.7 Å². The van der Waals surface area contributed by atoms with Crippen LogP contribution in [0.3, 0.4) is 0 Å². The van der Waals surface area contributed by atoms with Crippen LogP contribution in [-0.4, -0.2) is 96.0 Å². The average Bonchev–Trinajstić information content (AvgIpc) is 3.33. The maximum Gasteiger partial charge on any atom is 0.254 e. The number of nitrogens with zero attached hydrogens (tertiary/aromatic N) is 5. The molecular weight excluding hydrogens is 485 g/mol. The Kier molecular flexibility index (Phi) is 7.52. The fourth-order valence-electron chi connectivity index (χ4n) is 4.34. The van der Waals surface area contributed by atoms with Crippen molar-refractivity contribution in [2.45, 2.75) is 0 Å². The molecule has 0 aliphatic carbocycles. The van der Waals surface area contributed by atoms with Crippen LogP contribution in [0.1, 0.15) is 10.4 Å². The minimum atomic E-state index is -0.291. The van der Waals surface area contributed by atoms with E-state index in [1.54, 1.807) is 24.5 Å². The van der Waals surface area contributed by atoms with E-state index in [1.165, 1.54) is 12.1 Å². The third kappa shape index (κ3) is 5.92. The number of ether oxygens (including phenoxy) is 1. The summed E-state index contributed by atoms with van der Waals surface area (Å²) in [6.45, 7) is 4.32. The van der Waals surface area contributed by atoms with Gasteiger partial charge in [-0.3, -0.25) is 9.78 Å². The van der Waals surface area contributed by atoms with Crippen molar-refractivity contribution < 1.29 is 13.9 Å². The molecule has 1 aliphatic heterocycles. The van der Waals surface area contributed by atoms with Gasteiger partial charge in [-0.05, 0) is 63.6 Å². The Morgan fingerprint density at radius 3 is 2.71 bits per heavy atom. The normalized spacial score (nSPS) is 14.3. The number of aromatic nitrogens is 3. The van der Waals surface area contributed by atoms with Crippen LogP contribution in [0, 0.1) is 5.82 Å². The summed E-state index contributed by atoms with van der Waals surface area (Å²) in [5.41, 5.74) is 3.44. The van der Waals surface area contributed by atoms with E-state index in [1.807, 2.05) is 42.1 Å². The van der Waals surface area contributed by atoms with Gasteiger partial charge in [-0.25, -0.2) is 9.37 Å². The zero-order valence-electron chi connectivity index (χ0n) is 21.9. The van der Waals surface area contributed by atoms with Crippen molar-refractivity contribution in [1.29, 1.82) is 0 Å². The Bertz CT molecular complexity index is 1430. The second-order valence-electron chi connectivity index (χ2n) is 9.79. The number of anilines is 2. The molecule has 0 unspecified atom stereocenters. The molecule has 0 spiro atoms. The number of H-pyrrole nitrogens is 1. The molecule has 0 saturated carbocycles. The van der Waals surface area contributed by atoms with E-state index >= 15 is 0 Å². The van der Waals surface area contributed by atoms with Crippen molar-refractivity contribution in [2.75, 3.05) is 65.8 Å². The molecule has 1 saturated heterocycles. The van der Waals surface area contributed by atoms with E-state index in [4.69, 9.17) is 9.72 Å². The molecule has 0 atom stereocenters. The molecule has 4 aromatic rings. The minimum Gasteiger partial charge on any atom is -0.490 e. The Balaban J connectivity index is 1.39. The lowest BCUT2D eigenvalue weighted by molar-refractivity contribution is 0.0663. The summed E-state index contributed by atoms with van der Waals surface area (Å²) < 4.78 is 19.7. The van der Waals surface area contributed by atoms with Crippen molar-refractivity contribution in [3.8, 4) is 17.1 Å². The molecule has 10 heteroatoms.